The van der Waals surface area contributed by atoms with Crippen LogP contribution in [-0.2, 0) is 6.54 Å². The topological polar surface area (TPSA) is 41.9 Å². The lowest BCUT2D eigenvalue weighted by atomic mass is 10.2. The maximum atomic E-state index is 9.55. The van der Waals surface area contributed by atoms with Crippen molar-refractivity contribution in [3.63, 3.8) is 0 Å². The first-order chi connectivity index (χ1) is 9.22. The largest absolute Gasteiger partial charge is 0.489 e. The summed E-state index contributed by atoms with van der Waals surface area (Å²) in [6, 6.07) is 3.93. The van der Waals surface area contributed by atoms with Crippen molar-refractivity contribution in [2.45, 2.75) is 25.5 Å². The van der Waals surface area contributed by atoms with Gasteiger partial charge in [0.15, 0.2) is 11.5 Å². The standard InChI is InChI=1S/C14H18ClNO3/c15-12-6-10(8-16-3-2-11(17)9-16)7-13-14(12)19-5-1-4-18-13/h6-7,11,17H,1-5,8-9H2. The average molecular weight is 284 g/mol. The minimum atomic E-state index is -0.198. The van der Waals surface area contributed by atoms with Crippen molar-refractivity contribution in [1.82, 2.24) is 4.90 Å². The first-order valence-corrected chi connectivity index (χ1v) is 7.08. The quantitative estimate of drug-likeness (QED) is 0.902. The third kappa shape index (κ3) is 2.96. The molecular weight excluding hydrogens is 266 g/mol. The summed E-state index contributed by atoms with van der Waals surface area (Å²) in [7, 11) is 0. The number of halogens is 1. The highest BCUT2D eigenvalue weighted by atomic mass is 35.5. The second kappa shape index (κ2) is 5.57. The molecule has 0 bridgehead atoms. The smallest absolute Gasteiger partial charge is 0.179 e. The number of hydrogen-bond donors (Lipinski definition) is 1. The summed E-state index contributed by atoms with van der Waals surface area (Å²) in [6.07, 6.45) is 1.52. The Morgan fingerprint density at radius 3 is 2.95 bits per heavy atom. The third-order valence-electron chi connectivity index (χ3n) is 3.52. The highest BCUT2D eigenvalue weighted by Crippen LogP contribution is 2.38. The lowest BCUT2D eigenvalue weighted by Crippen LogP contribution is -2.21. The van der Waals surface area contributed by atoms with Crippen LogP contribution in [0.25, 0.3) is 0 Å². The van der Waals surface area contributed by atoms with Crippen LogP contribution in [0.15, 0.2) is 12.1 Å². The molecule has 1 N–H and O–H groups in total. The number of hydrogen-bond acceptors (Lipinski definition) is 4. The van der Waals surface area contributed by atoms with Crippen LogP contribution >= 0.6 is 11.6 Å². The molecule has 2 heterocycles. The zero-order chi connectivity index (χ0) is 13.2. The predicted molar refractivity (Wildman–Crippen MR) is 73.0 cm³/mol. The lowest BCUT2D eigenvalue weighted by Gasteiger charge is -2.17. The van der Waals surface area contributed by atoms with Crippen molar-refractivity contribution in [2.24, 2.45) is 0 Å². The molecule has 1 aromatic rings. The van der Waals surface area contributed by atoms with E-state index < -0.39 is 0 Å². The van der Waals surface area contributed by atoms with E-state index in [1.54, 1.807) is 0 Å². The fourth-order valence-electron chi connectivity index (χ4n) is 2.59. The fourth-order valence-corrected chi connectivity index (χ4v) is 2.88. The fraction of sp³-hybridized carbons (Fsp3) is 0.571. The summed E-state index contributed by atoms with van der Waals surface area (Å²) in [6.45, 7) is 3.74. The van der Waals surface area contributed by atoms with Crippen LogP contribution in [-0.4, -0.2) is 42.4 Å². The summed E-state index contributed by atoms with van der Waals surface area (Å²) >= 11 is 6.26. The molecule has 19 heavy (non-hydrogen) atoms. The van der Waals surface area contributed by atoms with Gasteiger partial charge in [-0.1, -0.05) is 11.6 Å². The van der Waals surface area contributed by atoms with Crippen molar-refractivity contribution in [1.29, 1.82) is 0 Å². The molecule has 0 radical (unpaired) electrons. The Morgan fingerprint density at radius 2 is 2.16 bits per heavy atom. The summed E-state index contributed by atoms with van der Waals surface area (Å²) in [4.78, 5) is 2.22. The number of aliphatic hydroxyl groups is 1. The van der Waals surface area contributed by atoms with E-state index in [4.69, 9.17) is 21.1 Å². The monoisotopic (exact) mass is 283 g/mol. The Labute approximate surface area is 117 Å². The minimum absolute atomic E-state index is 0.198. The third-order valence-corrected chi connectivity index (χ3v) is 3.80. The van der Waals surface area contributed by atoms with Crippen LogP contribution in [0.4, 0.5) is 0 Å². The number of ether oxygens (including phenoxy) is 2. The molecule has 0 aliphatic carbocycles. The Balaban J connectivity index is 1.79. The van der Waals surface area contributed by atoms with E-state index in [0.29, 0.717) is 24.0 Å². The molecule has 1 aromatic carbocycles. The minimum Gasteiger partial charge on any atom is -0.489 e. The van der Waals surface area contributed by atoms with Crippen molar-refractivity contribution in [2.75, 3.05) is 26.3 Å². The molecule has 0 amide bonds. The van der Waals surface area contributed by atoms with Gasteiger partial charge in [-0.25, -0.2) is 0 Å². The van der Waals surface area contributed by atoms with E-state index in [1.807, 2.05) is 12.1 Å². The van der Waals surface area contributed by atoms with Gasteiger partial charge < -0.3 is 14.6 Å². The van der Waals surface area contributed by atoms with Gasteiger partial charge in [-0.05, 0) is 24.1 Å². The molecule has 1 saturated heterocycles. The molecule has 0 aromatic heterocycles. The summed E-state index contributed by atoms with van der Waals surface area (Å²) in [5.41, 5.74) is 1.10. The number of benzene rings is 1. The second-order valence-electron chi connectivity index (χ2n) is 5.13. The van der Waals surface area contributed by atoms with E-state index in [9.17, 15) is 5.11 Å². The van der Waals surface area contributed by atoms with Crippen LogP contribution < -0.4 is 9.47 Å². The number of rotatable bonds is 2. The van der Waals surface area contributed by atoms with Crippen LogP contribution in [0.2, 0.25) is 5.02 Å². The number of fused-ring (bicyclic) bond motifs is 1. The second-order valence-corrected chi connectivity index (χ2v) is 5.54. The molecule has 2 aliphatic rings. The normalized spacial score (nSPS) is 23.4. The van der Waals surface area contributed by atoms with Crippen LogP contribution in [0.5, 0.6) is 11.5 Å². The zero-order valence-electron chi connectivity index (χ0n) is 10.8. The summed E-state index contributed by atoms with van der Waals surface area (Å²) in [5, 5.41) is 10.2. The molecule has 0 saturated carbocycles. The molecule has 2 aliphatic heterocycles. The number of aliphatic hydroxyl groups excluding tert-OH is 1. The van der Waals surface area contributed by atoms with Crippen molar-refractivity contribution < 1.29 is 14.6 Å². The van der Waals surface area contributed by atoms with Gasteiger partial charge in [0.25, 0.3) is 0 Å². The van der Waals surface area contributed by atoms with Gasteiger partial charge in [0.2, 0.25) is 0 Å². The van der Waals surface area contributed by atoms with Crippen LogP contribution in [0, 0.1) is 0 Å². The molecule has 104 valence electrons. The first kappa shape index (κ1) is 13.0. The van der Waals surface area contributed by atoms with Gasteiger partial charge in [0.05, 0.1) is 24.3 Å². The molecule has 1 unspecified atom stereocenters. The number of nitrogens with zero attached hydrogens (tertiary/aromatic N) is 1. The molecule has 5 heteroatoms. The Hall–Kier alpha value is -0.970. The predicted octanol–water partition coefficient (Wildman–Crippen LogP) is 2.07. The van der Waals surface area contributed by atoms with Crippen molar-refractivity contribution in [3.8, 4) is 11.5 Å². The lowest BCUT2D eigenvalue weighted by molar-refractivity contribution is 0.174. The zero-order valence-corrected chi connectivity index (χ0v) is 11.5. The van der Waals surface area contributed by atoms with E-state index in [1.165, 1.54) is 0 Å². The van der Waals surface area contributed by atoms with Gasteiger partial charge in [-0.2, -0.15) is 0 Å². The van der Waals surface area contributed by atoms with Crippen LogP contribution in [0.1, 0.15) is 18.4 Å². The van der Waals surface area contributed by atoms with Crippen LogP contribution in [0.3, 0.4) is 0 Å². The van der Waals surface area contributed by atoms with Gasteiger partial charge in [0.1, 0.15) is 0 Å². The molecular formula is C14H18ClNO3. The highest BCUT2D eigenvalue weighted by molar-refractivity contribution is 6.32. The van der Waals surface area contributed by atoms with E-state index in [-0.39, 0.29) is 6.10 Å². The van der Waals surface area contributed by atoms with E-state index in [0.717, 1.165) is 43.8 Å². The first-order valence-electron chi connectivity index (χ1n) is 6.71. The average Bonchev–Trinajstić information content (AvgIpc) is 2.64. The van der Waals surface area contributed by atoms with Gasteiger partial charge in [-0.15, -0.1) is 0 Å². The number of β-amino-alcohol motifs (C(OH)–C–C–N with tert-alkyl or cyclic N) is 1. The summed E-state index contributed by atoms with van der Waals surface area (Å²) < 4.78 is 11.3. The molecule has 1 atom stereocenters. The Bertz CT molecular complexity index is 466. The van der Waals surface area contributed by atoms with Gasteiger partial charge >= 0.3 is 0 Å². The van der Waals surface area contributed by atoms with Crippen molar-refractivity contribution >= 4 is 11.6 Å². The maximum absolute atomic E-state index is 9.55. The molecule has 0 spiro atoms. The Kier molecular flexibility index (Phi) is 3.82. The molecule has 3 rings (SSSR count). The SMILES string of the molecule is OC1CCN(Cc2cc(Cl)c3c(c2)OCCCO3)C1. The van der Waals surface area contributed by atoms with Crippen molar-refractivity contribution in [3.05, 3.63) is 22.7 Å². The van der Waals surface area contributed by atoms with Gasteiger partial charge in [-0.3, -0.25) is 4.90 Å². The summed E-state index contributed by atoms with van der Waals surface area (Å²) in [5.74, 6) is 1.39. The van der Waals surface area contributed by atoms with Gasteiger partial charge in [0, 0.05) is 26.1 Å². The highest BCUT2D eigenvalue weighted by Gasteiger charge is 2.21. The Morgan fingerprint density at radius 1 is 1.32 bits per heavy atom. The molecule has 4 nitrogen and oxygen atoms in total. The maximum Gasteiger partial charge on any atom is 0.179 e. The number of likely N-dealkylation sites (tertiary alicyclic amines) is 1. The van der Waals surface area contributed by atoms with E-state index >= 15 is 0 Å². The molecule has 1 fully saturated rings. The van der Waals surface area contributed by atoms with E-state index in [2.05, 4.69) is 4.90 Å².